The Labute approximate surface area is 132 Å². The average molecular weight is 314 g/mol. The van der Waals surface area contributed by atoms with E-state index in [-0.39, 0.29) is 11.1 Å². The SMILES string of the molecule is C[C@@H](Sc1nnc(-c2ccncc2)n1C)c1ccc(F)cc1. The highest BCUT2D eigenvalue weighted by atomic mass is 32.2. The Morgan fingerprint density at radius 3 is 2.41 bits per heavy atom. The van der Waals surface area contributed by atoms with Gasteiger partial charge in [-0.15, -0.1) is 10.2 Å². The summed E-state index contributed by atoms with van der Waals surface area (Å²) in [7, 11) is 1.94. The zero-order valence-corrected chi connectivity index (χ0v) is 13.1. The molecule has 0 saturated carbocycles. The highest BCUT2D eigenvalue weighted by Crippen LogP contribution is 2.34. The van der Waals surface area contributed by atoms with Gasteiger partial charge >= 0.3 is 0 Å². The molecule has 0 aliphatic heterocycles. The standard InChI is InChI=1S/C16H15FN4S/c1-11(12-3-5-14(17)6-4-12)22-16-20-19-15(21(16)2)13-7-9-18-10-8-13/h3-11H,1-2H3/t11-/m1/s1. The molecule has 0 aliphatic carbocycles. The molecular formula is C16H15FN4S. The Hall–Kier alpha value is -2.21. The summed E-state index contributed by atoms with van der Waals surface area (Å²) in [5.41, 5.74) is 2.03. The summed E-state index contributed by atoms with van der Waals surface area (Å²) in [6.07, 6.45) is 3.47. The fraction of sp³-hybridized carbons (Fsp3) is 0.188. The maximum atomic E-state index is 13.0. The van der Waals surface area contributed by atoms with Gasteiger partial charge in [-0.05, 0) is 36.8 Å². The van der Waals surface area contributed by atoms with Crippen molar-refractivity contribution in [1.82, 2.24) is 19.7 Å². The third-order valence-corrected chi connectivity index (χ3v) is 4.59. The summed E-state index contributed by atoms with van der Waals surface area (Å²) in [6.45, 7) is 2.07. The molecule has 0 bridgehead atoms. The molecule has 22 heavy (non-hydrogen) atoms. The van der Waals surface area contributed by atoms with Gasteiger partial charge in [0.15, 0.2) is 11.0 Å². The van der Waals surface area contributed by atoms with Crippen LogP contribution in [0.5, 0.6) is 0 Å². The summed E-state index contributed by atoms with van der Waals surface area (Å²) in [5.74, 6) is 0.579. The Morgan fingerprint density at radius 1 is 1.05 bits per heavy atom. The number of benzene rings is 1. The first-order valence-electron chi connectivity index (χ1n) is 6.87. The van der Waals surface area contributed by atoms with E-state index in [9.17, 15) is 4.39 Å². The highest BCUT2D eigenvalue weighted by Gasteiger charge is 2.15. The van der Waals surface area contributed by atoms with E-state index in [0.29, 0.717) is 0 Å². The summed E-state index contributed by atoms with van der Waals surface area (Å²) in [6, 6.07) is 10.4. The van der Waals surface area contributed by atoms with Crippen molar-refractivity contribution in [2.75, 3.05) is 0 Å². The van der Waals surface area contributed by atoms with Crippen LogP contribution in [0.15, 0.2) is 53.9 Å². The van der Waals surface area contributed by atoms with Crippen LogP contribution in [0.25, 0.3) is 11.4 Å². The predicted molar refractivity (Wildman–Crippen MR) is 84.9 cm³/mol. The largest absolute Gasteiger partial charge is 0.305 e. The van der Waals surface area contributed by atoms with Crippen LogP contribution in [0.3, 0.4) is 0 Å². The minimum atomic E-state index is -0.223. The van der Waals surface area contributed by atoms with Crippen molar-refractivity contribution in [3.8, 4) is 11.4 Å². The molecule has 3 rings (SSSR count). The molecule has 0 N–H and O–H groups in total. The van der Waals surface area contributed by atoms with Gasteiger partial charge < -0.3 is 4.57 Å². The van der Waals surface area contributed by atoms with Gasteiger partial charge in [0.05, 0.1) is 0 Å². The second kappa shape index (κ2) is 6.27. The van der Waals surface area contributed by atoms with E-state index < -0.39 is 0 Å². The fourth-order valence-electron chi connectivity index (χ4n) is 2.13. The second-order valence-corrected chi connectivity index (χ2v) is 6.22. The molecular weight excluding hydrogens is 299 g/mol. The van der Waals surface area contributed by atoms with Gasteiger partial charge in [-0.1, -0.05) is 23.9 Å². The topological polar surface area (TPSA) is 43.6 Å². The van der Waals surface area contributed by atoms with E-state index >= 15 is 0 Å². The van der Waals surface area contributed by atoms with Gasteiger partial charge in [0.2, 0.25) is 0 Å². The van der Waals surface area contributed by atoms with Gasteiger partial charge in [0, 0.05) is 30.3 Å². The Kier molecular flexibility index (Phi) is 4.20. The number of rotatable bonds is 4. The molecule has 6 heteroatoms. The highest BCUT2D eigenvalue weighted by molar-refractivity contribution is 7.99. The van der Waals surface area contributed by atoms with Crippen molar-refractivity contribution >= 4 is 11.8 Å². The molecule has 1 aromatic carbocycles. The van der Waals surface area contributed by atoms with Crippen molar-refractivity contribution in [2.45, 2.75) is 17.3 Å². The van der Waals surface area contributed by atoms with Crippen molar-refractivity contribution in [3.63, 3.8) is 0 Å². The molecule has 0 fully saturated rings. The molecule has 1 atom stereocenters. The first-order valence-corrected chi connectivity index (χ1v) is 7.75. The van der Waals surface area contributed by atoms with Crippen LogP contribution in [0.2, 0.25) is 0 Å². The number of hydrogen-bond donors (Lipinski definition) is 0. The molecule has 0 unspecified atom stereocenters. The Balaban J connectivity index is 1.82. The van der Waals surface area contributed by atoms with E-state index in [1.807, 2.05) is 23.7 Å². The predicted octanol–water partition coefficient (Wildman–Crippen LogP) is 3.87. The maximum absolute atomic E-state index is 13.0. The zero-order valence-electron chi connectivity index (χ0n) is 12.3. The van der Waals surface area contributed by atoms with Crippen LogP contribution in [0.1, 0.15) is 17.7 Å². The van der Waals surface area contributed by atoms with Crippen molar-refractivity contribution in [2.24, 2.45) is 7.05 Å². The lowest BCUT2D eigenvalue weighted by Gasteiger charge is -2.11. The van der Waals surface area contributed by atoms with Crippen LogP contribution >= 0.6 is 11.8 Å². The van der Waals surface area contributed by atoms with Crippen molar-refractivity contribution in [3.05, 3.63) is 60.2 Å². The van der Waals surface area contributed by atoms with Gasteiger partial charge in [-0.2, -0.15) is 0 Å². The fourth-order valence-corrected chi connectivity index (χ4v) is 3.07. The number of thioether (sulfide) groups is 1. The third-order valence-electron chi connectivity index (χ3n) is 3.40. The van der Waals surface area contributed by atoms with Crippen LogP contribution in [0, 0.1) is 5.82 Å². The van der Waals surface area contributed by atoms with Crippen LogP contribution in [0.4, 0.5) is 4.39 Å². The lowest BCUT2D eigenvalue weighted by Crippen LogP contribution is -1.97. The maximum Gasteiger partial charge on any atom is 0.191 e. The Bertz CT molecular complexity index is 756. The minimum absolute atomic E-state index is 0.161. The average Bonchev–Trinajstić information content (AvgIpc) is 2.90. The Morgan fingerprint density at radius 2 is 1.73 bits per heavy atom. The summed E-state index contributed by atoms with van der Waals surface area (Å²) < 4.78 is 15.0. The summed E-state index contributed by atoms with van der Waals surface area (Å²) in [4.78, 5) is 4.01. The number of halogens is 1. The van der Waals surface area contributed by atoms with Gasteiger partial charge in [-0.25, -0.2) is 4.39 Å². The van der Waals surface area contributed by atoms with Crippen LogP contribution in [-0.2, 0) is 7.05 Å². The van der Waals surface area contributed by atoms with Gasteiger partial charge in [-0.3, -0.25) is 4.98 Å². The number of aromatic nitrogens is 4. The minimum Gasteiger partial charge on any atom is -0.305 e. The number of nitrogens with zero attached hydrogens (tertiary/aromatic N) is 4. The van der Waals surface area contributed by atoms with E-state index in [1.54, 1.807) is 36.3 Å². The van der Waals surface area contributed by atoms with E-state index in [1.165, 1.54) is 12.1 Å². The number of hydrogen-bond acceptors (Lipinski definition) is 4. The smallest absolute Gasteiger partial charge is 0.191 e. The van der Waals surface area contributed by atoms with Crippen molar-refractivity contribution < 1.29 is 4.39 Å². The quantitative estimate of drug-likeness (QED) is 0.686. The van der Waals surface area contributed by atoms with Gasteiger partial charge in [0.25, 0.3) is 0 Å². The normalized spacial score (nSPS) is 12.3. The van der Waals surface area contributed by atoms with E-state index in [4.69, 9.17) is 0 Å². The number of pyridine rings is 1. The van der Waals surface area contributed by atoms with Crippen molar-refractivity contribution in [1.29, 1.82) is 0 Å². The molecule has 4 nitrogen and oxygen atoms in total. The van der Waals surface area contributed by atoms with Crippen LogP contribution < -0.4 is 0 Å². The van der Waals surface area contributed by atoms with E-state index in [0.717, 1.165) is 22.1 Å². The molecule has 0 spiro atoms. The van der Waals surface area contributed by atoms with Crippen LogP contribution in [-0.4, -0.2) is 19.7 Å². The first kappa shape index (κ1) is 14.7. The zero-order chi connectivity index (χ0) is 15.5. The van der Waals surface area contributed by atoms with Gasteiger partial charge in [0.1, 0.15) is 5.82 Å². The lowest BCUT2D eigenvalue weighted by atomic mass is 10.2. The molecule has 112 valence electrons. The molecule has 0 saturated heterocycles. The third kappa shape index (κ3) is 3.01. The summed E-state index contributed by atoms with van der Waals surface area (Å²) >= 11 is 1.60. The summed E-state index contributed by atoms with van der Waals surface area (Å²) in [5, 5.41) is 9.49. The molecule has 2 aromatic heterocycles. The molecule has 0 amide bonds. The molecule has 0 aliphatic rings. The molecule has 0 radical (unpaired) electrons. The van der Waals surface area contributed by atoms with E-state index in [2.05, 4.69) is 22.1 Å². The molecule has 2 heterocycles. The monoisotopic (exact) mass is 314 g/mol. The molecule has 3 aromatic rings. The first-order chi connectivity index (χ1) is 10.6. The second-order valence-electron chi connectivity index (χ2n) is 4.91. The lowest BCUT2D eigenvalue weighted by molar-refractivity contribution is 0.627.